The molecule has 1 aliphatic heterocycles. The number of hydrogen-bond donors (Lipinski definition) is 2. The lowest BCUT2D eigenvalue weighted by atomic mass is 10.1. The number of imidazole rings is 1. The van der Waals surface area contributed by atoms with Crippen molar-refractivity contribution >= 4 is 17.5 Å². The summed E-state index contributed by atoms with van der Waals surface area (Å²) >= 11 is 0. The van der Waals surface area contributed by atoms with Gasteiger partial charge in [0.2, 0.25) is 0 Å². The van der Waals surface area contributed by atoms with Crippen molar-refractivity contribution in [3.8, 4) is 5.75 Å². The van der Waals surface area contributed by atoms with Crippen molar-refractivity contribution in [2.45, 2.75) is 45.7 Å². The molecule has 2 amide bonds. The summed E-state index contributed by atoms with van der Waals surface area (Å²) in [6.45, 7) is 4.49. The highest BCUT2D eigenvalue weighted by atomic mass is 16.5. The fourth-order valence-corrected chi connectivity index (χ4v) is 3.12. The van der Waals surface area contributed by atoms with Crippen molar-refractivity contribution < 1.29 is 14.3 Å². The number of nitrogens with one attached hydrogen (secondary N) is 2. The molecular weight excluding hydrogens is 332 g/mol. The van der Waals surface area contributed by atoms with E-state index in [9.17, 15) is 9.59 Å². The van der Waals surface area contributed by atoms with Crippen molar-refractivity contribution in [2.24, 2.45) is 0 Å². The van der Waals surface area contributed by atoms with Gasteiger partial charge in [-0.25, -0.2) is 4.98 Å². The first-order chi connectivity index (χ1) is 12.5. The van der Waals surface area contributed by atoms with Gasteiger partial charge in [-0.15, -0.1) is 0 Å². The Hall–Kier alpha value is -2.83. The number of benzene rings is 1. The van der Waals surface area contributed by atoms with Crippen LogP contribution in [0.25, 0.3) is 0 Å². The van der Waals surface area contributed by atoms with Gasteiger partial charge in [0.25, 0.3) is 11.8 Å². The number of anilines is 1. The zero-order valence-electron chi connectivity index (χ0n) is 15.3. The number of fused-ring (bicyclic) bond motifs is 1. The van der Waals surface area contributed by atoms with Crippen LogP contribution < -0.4 is 15.4 Å². The molecule has 0 saturated heterocycles. The van der Waals surface area contributed by atoms with E-state index >= 15 is 0 Å². The Morgan fingerprint density at radius 2 is 2.04 bits per heavy atom. The van der Waals surface area contributed by atoms with E-state index in [0.29, 0.717) is 23.7 Å². The van der Waals surface area contributed by atoms with E-state index in [1.807, 2.05) is 18.4 Å². The first-order valence-corrected chi connectivity index (χ1v) is 8.85. The maximum Gasteiger partial charge on any atom is 0.291 e. The van der Waals surface area contributed by atoms with E-state index in [1.165, 1.54) is 0 Å². The van der Waals surface area contributed by atoms with E-state index in [-0.39, 0.29) is 23.7 Å². The van der Waals surface area contributed by atoms with E-state index < -0.39 is 0 Å². The Balaban J connectivity index is 1.90. The molecule has 0 bridgehead atoms. The second kappa shape index (κ2) is 7.59. The predicted octanol–water partition coefficient (Wildman–Crippen LogP) is 2.62. The third-order valence-electron chi connectivity index (χ3n) is 4.28. The molecule has 7 nitrogen and oxygen atoms in total. The van der Waals surface area contributed by atoms with Crippen LogP contribution in [0.4, 0.5) is 5.69 Å². The number of methoxy groups -OCH3 is 1. The van der Waals surface area contributed by atoms with E-state index in [4.69, 9.17) is 4.74 Å². The molecule has 0 radical (unpaired) electrons. The van der Waals surface area contributed by atoms with Gasteiger partial charge in [-0.3, -0.25) is 9.59 Å². The number of ether oxygens (including phenoxy) is 1. The molecule has 0 fully saturated rings. The Morgan fingerprint density at radius 3 is 2.77 bits per heavy atom. The van der Waals surface area contributed by atoms with Gasteiger partial charge in [-0.2, -0.15) is 0 Å². The second-order valence-electron chi connectivity index (χ2n) is 6.65. The molecule has 2 heterocycles. The van der Waals surface area contributed by atoms with Crippen molar-refractivity contribution in [3.05, 3.63) is 41.5 Å². The van der Waals surface area contributed by atoms with Gasteiger partial charge in [0.15, 0.2) is 5.82 Å². The molecule has 0 spiro atoms. The summed E-state index contributed by atoms with van der Waals surface area (Å²) in [5, 5.41) is 5.71. The summed E-state index contributed by atoms with van der Waals surface area (Å²) < 4.78 is 7.05. The van der Waals surface area contributed by atoms with E-state index in [2.05, 4.69) is 15.6 Å². The zero-order valence-corrected chi connectivity index (χ0v) is 15.3. The van der Waals surface area contributed by atoms with Crippen molar-refractivity contribution in [1.82, 2.24) is 14.9 Å². The van der Waals surface area contributed by atoms with Gasteiger partial charge in [-0.1, -0.05) is 6.07 Å². The monoisotopic (exact) mass is 356 g/mol. The van der Waals surface area contributed by atoms with Crippen LogP contribution in [0.1, 0.15) is 53.5 Å². The maximum absolute atomic E-state index is 12.8. The Morgan fingerprint density at radius 1 is 1.23 bits per heavy atom. The highest BCUT2D eigenvalue weighted by Gasteiger charge is 2.27. The minimum absolute atomic E-state index is 0.0116. The van der Waals surface area contributed by atoms with Crippen LogP contribution in [0.3, 0.4) is 0 Å². The lowest BCUT2D eigenvalue weighted by Crippen LogP contribution is -2.31. The van der Waals surface area contributed by atoms with Crippen molar-refractivity contribution in [2.75, 3.05) is 12.4 Å². The average molecular weight is 356 g/mol. The Bertz CT molecular complexity index is 826. The van der Waals surface area contributed by atoms with Gasteiger partial charge < -0.3 is 19.9 Å². The third-order valence-corrected chi connectivity index (χ3v) is 4.28. The third kappa shape index (κ3) is 3.71. The van der Waals surface area contributed by atoms with E-state index in [1.54, 1.807) is 31.4 Å². The number of hydrogen-bond acceptors (Lipinski definition) is 4. The molecule has 2 N–H and O–H groups in total. The van der Waals surface area contributed by atoms with Crippen molar-refractivity contribution in [3.63, 3.8) is 0 Å². The zero-order chi connectivity index (χ0) is 18.7. The summed E-state index contributed by atoms with van der Waals surface area (Å²) in [4.78, 5) is 29.6. The van der Waals surface area contributed by atoms with Crippen LogP contribution in [0.15, 0.2) is 24.3 Å². The number of rotatable bonds is 5. The summed E-state index contributed by atoms with van der Waals surface area (Å²) in [5.74, 6) is 0.373. The number of carbonyl (C=O) groups is 2. The number of aromatic nitrogens is 2. The number of amides is 2. The van der Waals surface area contributed by atoms with Gasteiger partial charge in [0, 0.05) is 24.3 Å². The molecular formula is C19H24N4O3. The van der Waals surface area contributed by atoms with Crippen LogP contribution in [0, 0.1) is 0 Å². The Labute approximate surface area is 152 Å². The van der Waals surface area contributed by atoms with Crippen molar-refractivity contribution in [1.29, 1.82) is 0 Å². The van der Waals surface area contributed by atoms with Gasteiger partial charge in [0.1, 0.15) is 11.4 Å². The van der Waals surface area contributed by atoms with E-state index in [0.717, 1.165) is 25.0 Å². The molecule has 2 aromatic rings. The topological polar surface area (TPSA) is 85.2 Å². The van der Waals surface area contributed by atoms with Crippen LogP contribution in [-0.4, -0.2) is 34.5 Å². The van der Waals surface area contributed by atoms with Crippen LogP contribution in [0.5, 0.6) is 5.75 Å². The number of nitrogens with zero attached hydrogens (tertiary/aromatic N) is 2. The molecule has 7 heteroatoms. The van der Waals surface area contributed by atoms with Crippen LogP contribution in [-0.2, 0) is 13.0 Å². The minimum atomic E-state index is -0.329. The molecule has 0 saturated carbocycles. The summed E-state index contributed by atoms with van der Waals surface area (Å²) in [6.07, 6.45) is 2.71. The summed E-state index contributed by atoms with van der Waals surface area (Å²) in [6, 6.07) is 7.15. The molecule has 1 aromatic heterocycles. The first kappa shape index (κ1) is 18.0. The van der Waals surface area contributed by atoms with Gasteiger partial charge >= 0.3 is 0 Å². The number of carbonyl (C=O) groups excluding carboxylic acids is 2. The summed E-state index contributed by atoms with van der Waals surface area (Å²) in [5.41, 5.74) is 1.81. The highest BCUT2D eigenvalue weighted by Crippen LogP contribution is 2.23. The first-order valence-electron chi connectivity index (χ1n) is 8.85. The van der Waals surface area contributed by atoms with Crippen LogP contribution >= 0.6 is 0 Å². The molecule has 1 aromatic carbocycles. The molecule has 26 heavy (non-hydrogen) atoms. The largest absolute Gasteiger partial charge is 0.497 e. The lowest BCUT2D eigenvalue weighted by Gasteiger charge is -2.17. The van der Waals surface area contributed by atoms with Crippen LogP contribution in [0.2, 0.25) is 0 Å². The SMILES string of the molecule is COc1cccc(NC(=O)c2nc(C(=O)NC(C)C)c3n2CCCC3)c1. The molecule has 0 aliphatic carbocycles. The fourth-order valence-electron chi connectivity index (χ4n) is 3.12. The second-order valence-corrected chi connectivity index (χ2v) is 6.65. The molecule has 3 rings (SSSR count). The molecule has 138 valence electrons. The molecule has 0 unspecified atom stereocenters. The minimum Gasteiger partial charge on any atom is -0.497 e. The highest BCUT2D eigenvalue weighted by molar-refractivity contribution is 6.03. The predicted molar refractivity (Wildman–Crippen MR) is 98.7 cm³/mol. The molecule has 0 atom stereocenters. The lowest BCUT2D eigenvalue weighted by molar-refractivity contribution is 0.0937. The Kier molecular flexibility index (Phi) is 5.25. The fraction of sp³-hybridized carbons (Fsp3) is 0.421. The standard InChI is InChI=1S/C19H24N4O3/c1-12(2)20-18(24)16-15-9-4-5-10-23(15)17(22-16)19(25)21-13-7-6-8-14(11-13)26-3/h6-8,11-12H,4-5,9-10H2,1-3H3,(H,20,24)(H,21,25). The van der Waals surface area contributed by atoms with Gasteiger partial charge in [-0.05, 0) is 45.2 Å². The average Bonchev–Trinajstić information content (AvgIpc) is 3.01. The quantitative estimate of drug-likeness (QED) is 0.862. The normalized spacial score (nSPS) is 13.2. The van der Waals surface area contributed by atoms with Gasteiger partial charge in [0.05, 0.1) is 12.8 Å². The molecule has 1 aliphatic rings. The smallest absolute Gasteiger partial charge is 0.291 e. The summed E-state index contributed by atoms with van der Waals surface area (Å²) in [7, 11) is 1.57. The maximum atomic E-state index is 12.8.